The van der Waals surface area contributed by atoms with Gasteiger partial charge in [-0.3, -0.25) is 9.69 Å². The fraction of sp³-hybridized carbons (Fsp3) is 0.314. The number of ether oxygens (including phenoxy) is 2. The average Bonchev–Trinajstić information content (AvgIpc) is 3.38. The van der Waals surface area contributed by atoms with Crippen molar-refractivity contribution in [2.45, 2.75) is 32.0 Å². The number of halogens is 2. The second kappa shape index (κ2) is 14.8. The van der Waals surface area contributed by atoms with E-state index >= 15 is 0 Å². The standard InChI is InChI=1S/C35H35Cl2N5O6/c1-47-33-22(19-42(35(45)46)20-23-10-13-30(44)38-23)9-12-28(39-33)26-6-2-4-24(31(26)36)25-5-3-7-27(32(25)37)29-11-8-21-18-41(14-16-43)15-17-48-34(21)40-29/h2-9,11-12,23,43H,10,13-20H2,1H3,(H,38,44)(H,45,46)/t23-/m0/s1. The summed E-state index contributed by atoms with van der Waals surface area (Å²) >= 11 is 14.1. The lowest BCUT2D eigenvalue weighted by Crippen LogP contribution is -2.41. The van der Waals surface area contributed by atoms with Gasteiger partial charge in [-0.05, 0) is 24.6 Å². The number of β-amino-alcohol motifs (C(OH)–C–C–N with tert-alkyl or cyclic N) is 1. The van der Waals surface area contributed by atoms with Gasteiger partial charge in [0.1, 0.15) is 6.61 Å². The molecular weight excluding hydrogens is 657 g/mol. The summed E-state index contributed by atoms with van der Waals surface area (Å²) in [5.41, 5.74) is 5.51. The largest absolute Gasteiger partial charge is 0.481 e. The molecule has 2 aromatic heterocycles. The number of carbonyl (C=O) groups excluding carboxylic acids is 1. The van der Waals surface area contributed by atoms with Crippen molar-refractivity contribution in [2.24, 2.45) is 0 Å². The van der Waals surface area contributed by atoms with Gasteiger partial charge in [0.15, 0.2) is 0 Å². The number of rotatable bonds is 10. The highest BCUT2D eigenvalue weighted by molar-refractivity contribution is 6.39. The zero-order valence-corrected chi connectivity index (χ0v) is 27.8. The van der Waals surface area contributed by atoms with Gasteiger partial charge in [-0.2, -0.15) is 0 Å². The molecule has 1 atom stereocenters. The Kier molecular flexibility index (Phi) is 10.3. The number of fused-ring (bicyclic) bond motifs is 1. The molecule has 13 heteroatoms. The Morgan fingerprint density at radius 3 is 2.31 bits per heavy atom. The van der Waals surface area contributed by atoms with Gasteiger partial charge in [-0.15, -0.1) is 0 Å². The Bertz CT molecular complexity index is 1840. The van der Waals surface area contributed by atoms with E-state index in [0.717, 1.165) is 11.1 Å². The first-order chi connectivity index (χ1) is 23.2. The van der Waals surface area contributed by atoms with Gasteiger partial charge in [0.2, 0.25) is 17.7 Å². The molecule has 0 unspecified atom stereocenters. The number of methoxy groups -OCH3 is 1. The molecule has 0 saturated carbocycles. The van der Waals surface area contributed by atoms with Crippen molar-refractivity contribution in [3.05, 3.63) is 81.8 Å². The maximum atomic E-state index is 12.0. The predicted octanol–water partition coefficient (Wildman–Crippen LogP) is 5.74. The third-order valence-electron chi connectivity index (χ3n) is 8.52. The maximum absolute atomic E-state index is 12.0. The van der Waals surface area contributed by atoms with Gasteiger partial charge in [0.25, 0.3) is 0 Å². The molecule has 0 bridgehead atoms. The molecule has 1 fully saturated rings. The van der Waals surface area contributed by atoms with Crippen LogP contribution in [0.4, 0.5) is 4.79 Å². The van der Waals surface area contributed by atoms with Crippen molar-refractivity contribution in [1.29, 1.82) is 0 Å². The number of benzene rings is 2. The highest BCUT2D eigenvalue weighted by Crippen LogP contribution is 2.42. The minimum absolute atomic E-state index is 0.0387. The van der Waals surface area contributed by atoms with E-state index in [1.807, 2.05) is 48.5 Å². The summed E-state index contributed by atoms with van der Waals surface area (Å²) in [4.78, 5) is 36.5. The van der Waals surface area contributed by atoms with E-state index in [9.17, 15) is 19.8 Å². The molecule has 0 radical (unpaired) electrons. The van der Waals surface area contributed by atoms with Crippen LogP contribution in [-0.4, -0.2) is 88.0 Å². The summed E-state index contributed by atoms with van der Waals surface area (Å²) in [5.74, 6) is 0.745. The van der Waals surface area contributed by atoms with Crippen molar-refractivity contribution >= 4 is 35.2 Å². The lowest BCUT2D eigenvalue weighted by molar-refractivity contribution is -0.119. The SMILES string of the molecule is COc1nc(-c2cccc(-c3cccc(-c4ccc5c(n4)OCCN(CCO)C5)c3Cl)c2Cl)ccc1CN(C[C@@H]1CCC(=O)N1)C(=O)O. The van der Waals surface area contributed by atoms with E-state index in [1.165, 1.54) is 12.0 Å². The number of aromatic nitrogens is 2. The van der Waals surface area contributed by atoms with Crippen LogP contribution in [0.2, 0.25) is 10.0 Å². The molecule has 0 aliphatic carbocycles. The molecule has 6 rings (SSSR count). The number of nitrogens with one attached hydrogen (secondary N) is 1. The lowest BCUT2D eigenvalue weighted by Gasteiger charge is -2.23. The first kappa shape index (κ1) is 33.5. The van der Waals surface area contributed by atoms with Gasteiger partial charge in [-0.1, -0.05) is 65.7 Å². The summed E-state index contributed by atoms with van der Waals surface area (Å²) in [6.45, 7) is 2.65. The Labute approximate surface area is 288 Å². The van der Waals surface area contributed by atoms with Crippen LogP contribution in [0.1, 0.15) is 24.0 Å². The molecule has 48 heavy (non-hydrogen) atoms. The first-order valence-electron chi connectivity index (χ1n) is 15.6. The number of nitrogens with zero attached hydrogens (tertiary/aromatic N) is 4. The Hall–Kier alpha value is -4.42. The molecule has 11 nitrogen and oxygen atoms in total. The number of carboxylic acid groups (broad SMARTS) is 1. The molecule has 4 heterocycles. The number of amides is 2. The molecule has 2 aliphatic heterocycles. The van der Waals surface area contributed by atoms with Gasteiger partial charge in [0.05, 0.1) is 41.7 Å². The van der Waals surface area contributed by atoms with Gasteiger partial charge in [-0.25, -0.2) is 14.8 Å². The molecule has 3 N–H and O–H groups in total. The quantitative estimate of drug-likeness (QED) is 0.190. The molecule has 2 amide bonds. The van der Waals surface area contributed by atoms with Gasteiger partial charge >= 0.3 is 6.09 Å². The average molecular weight is 693 g/mol. The fourth-order valence-corrected chi connectivity index (χ4v) is 6.73. The number of carbonyl (C=O) groups is 2. The van der Waals surface area contributed by atoms with Crippen LogP contribution >= 0.6 is 23.2 Å². The fourth-order valence-electron chi connectivity index (χ4n) is 6.08. The Morgan fingerprint density at radius 1 is 1.02 bits per heavy atom. The highest BCUT2D eigenvalue weighted by atomic mass is 35.5. The van der Waals surface area contributed by atoms with Crippen LogP contribution in [-0.2, 0) is 17.9 Å². The third-order valence-corrected chi connectivity index (χ3v) is 9.34. The summed E-state index contributed by atoms with van der Waals surface area (Å²) in [7, 11) is 1.48. The number of pyridine rings is 2. The molecule has 1 saturated heterocycles. The highest BCUT2D eigenvalue weighted by Gasteiger charge is 2.26. The van der Waals surface area contributed by atoms with E-state index in [2.05, 4.69) is 10.2 Å². The molecule has 0 spiro atoms. The van der Waals surface area contributed by atoms with Crippen molar-refractivity contribution in [3.63, 3.8) is 0 Å². The van der Waals surface area contributed by atoms with E-state index in [4.69, 9.17) is 42.6 Å². The van der Waals surface area contributed by atoms with Crippen LogP contribution in [0, 0.1) is 0 Å². The monoisotopic (exact) mass is 691 g/mol. The molecule has 250 valence electrons. The van der Waals surface area contributed by atoms with E-state index in [0.29, 0.717) is 88.6 Å². The van der Waals surface area contributed by atoms with Crippen LogP contribution in [0.5, 0.6) is 11.8 Å². The zero-order valence-electron chi connectivity index (χ0n) is 26.3. The van der Waals surface area contributed by atoms with Crippen molar-refractivity contribution in [3.8, 4) is 45.4 Å². The second-order valence-corrected chi connectivity index (χ2v) is 12.4. The Balaban J connectivity index is 1.28. The van der Waals surface area contributed by atoms with Gasteiger partial charge < -0.3 is 29.9 Å². The number of hydrogen-bond donors (Lipinski definition) is 3. The topological polar surface area (TPSA) is 137 Å². The van der Waals surface area contributed by atoms with Gasteiger partial charge in [0, 0.05) is 72.0 Å². The van der Waals surface area contributed by atoms with E-state index in [-0.39, 0.29) is 37.5 Å². The third kappa shape index (κ3) is 7.19. The van der Waals surface area contributed by atoms with Crippen LogP contribution in [0.3, 0.4) is 0 Å². The predicted molar refractivity (Wildman–Crippen MR) is 182 cm³/mol. The van der Waals surface area contributed by atoms with Crippen LogP contribution < -0.4 is 14.8 Å². The minimum atomic E-state index is -1.10. The first-order valence-corrected chi connectivity index (χ1v) is 16.4. The van der Waals surface area contributed by atoms with Crippen molar-refractivity contribution < 1.29 is 29.3 Å². The summed E-state index contributed by atoms with van der Waals surface area (Å²) in [5, 5.41) is 22.9. The summed E-state index contributed by atoms with van der Waals surface area (Å²) in [6, 6.07) is 18.5. The van der Waals surface area contributed by atoms with Crippen molar-refractivity contribution in [2.75, 3.05) is 40.0 Å². The van der Waals surface area contributed by atoms with E-state index in [1.54, 1.807) is 12.1 Å². The number of hydrogen-bond acceptors (Lipinski definition) is 8. The maximum Gasteiger partial charge on any atom is 0.407 e. The minimum Gasteiger partial charge on any atom is -0.481 e. The molecule has 2 aromatic carbocycles. The zero-order chi connectivity index (χ0) is 33.8. The lowest BCUT2D eigenvalue weighted by atomic mass is 9.98. The number of aliphatic hydroxyl groups is 1. The van der Waals surface area contributed by atoms with Crippen LogP contribution in [0.25, 0.3) is 33.6 Å². The normalized spacial score (nSPS) is 16.1. The summed E-state index contributed by atoms with van der Waals surface area (Å²) < 4.78 is 11.5. The van der Waals surface area contributed by atoms with E-state index < -0.39 is 6.09 Å². The molecule has 4 aromatic rings. The van der Waals surface area contributed by atoms with Crippen molar-refractivity contribution in [1.82, 2.24) is 25.1 Å². The molecule has 2 aliphatic rings. The van der Waals surface area contributed by atoms with Crippen LogP contribution in [0.15, 0.2) is 60.7 Å². The Morgan fingerprint density at radius 2 is 1.69 bits per heavy atom. The number of aliphatic hydroxyl groups excluding tert-OH is 1. The smallest absolute Gasteiger partial charge is 0.407 e. The molecular formula is C35H35Cl2N5O6. The summed E-state index contributed by atoms with van der Waals surface area (Å²) in [6.07, 6.45) is -0.129. The second-order valence-electron chi connectivity index (χ2n) is 11.7.